The third-order valence-electron chi connectivity index (χ3n) is 3.70. The summed E-state index contributed by atoms with van der Waals surface area (Å²) in [7, 11) is 0. The van der Waals surface area contributed by atoms with E-state index in [1.54, 1.807) is 0 Å². The molecule has 1 aromatic carbocycles. The van der Waals surface area contributed by atoms with Gasteiger partial charge in [-0.3, -0.25) is 0 Å². The van der Waals surface area contributed by atoms with Crippen molar-refractivity contribution >= 4 is 22.7 Å². The molecule has 0 aliphatic rings. The predicted octanol–water partition coefficient (Wildman–Crippen LogP) is 2.00. The standard InChI is InChI=1S/C16H24N4O2/c1-3-11(9-21)17-15-13-7-5-6-8-14(13)19-16(20-15)18-12(4-2)10-22/h5-8,11-12,21-22H,3-4,9-10H2,1-2H3,(H2,17,18,19,20)/t11-,12-/m1/s1. The summed E-state index contributed by atoms with van der Waals surface area (Å²) in [5.41, 5.74) is 0.822. The molecular formula is C16H24N4O2. The van der Waals surface area contributed by atoms with Crippen molar-refractivity contribution < 1.29 is 10.2 Å². The highest BCUT2D eigenvalue weighted by molar-refractivity contribution is 5.90. The van der Waals surface area contributed by atoms with Crippen molar-refractivity contribution in [1.82, 2.24) is 9.97 Å². The van der Waals surface area contributed by atoms with Crippen molar-refractivity contribution in [3.63, 3.8) is 0 Å². The van der Waals surface area contributed by atoms with E-state index in [1.807, 2.05) is 38.1 Å². The number of rotatable bonds is 8. The van der Waals surface area contributed by atoms with Crippen LogP contribution in [0.2, 0.25) is 0 Å². The zero-order valence-corrected chi connectivity index (χ0v) is 13.1. The average Bonchev–Trinajstić information content (AvgIpc) is 2.57. The first kappa shape index (κ1) is 16.5. The van der Waals surface area contributed by atoms with Gasteiger partial charge in [0.25, 0.3) is 0 Å². The van der Waals surface area contributed by atoms with E-state index in [4.69, 9.17) is 0 Å². The number of hydrogen-bond acceptors (Lipinski definition) is 6. The van der Waals surface area contributed by atoms with Gasteiger partial charge >= 0.3 is 0 Å². The summed E-state index contributed by atoms with van der Waals surface area (Å²) in [6.45, 7) is 4.08. The summed E-state index contributed by atoms with van der Waals surface area (Å²) in [5.74, 6) is 1.18. The average molecular weight is 304 g/mol. The van der Waals surface area contributed by atoms with Gasteiger partial charge in [0.15, 0.2) is 0 Å². The van der Waals surface area contributed by atoms with Crippen LogP contribution in [-0.4, -0.2) is 45.5 Å². The van der Waals surface area contributed by atoms with E-state index in [-0.39, 0.29) is 25.3 Å². The predicted molar refractivity (Wildman–Crippen MR) is 89.1 cm³/mol. The molecule has 120 valence electrons. The van der Waals surface area contributed by atoms with Crippen LogP contribution in [0.1, 0.15) is 26.7 Å². The number of fused-ring (bicyclic) bond motifs is 1. The van der Waals surface area contributed by atoms with Gasteiger partial charge in [-0.2, -0.15) is 4.98 Å². The number of benzene rings is 1. The van der Waals surface area contributed by atoms with Crippen LogP contribution in [0.15, 0.2) is 24.3 Å². The molecule has 2 atom stereocenters. The van der Waals surface area contributed by atoms with E-state index < -0.39 is 0 Å². The van der Waals surface area contributed by atoms with E-state index in [2.05, 4.69) is 20.6 Å². The number of anilines is 2. The second-order valence-corrected chi connectivity index (χ2v) is 5.28. The van der Waals surface area contributed by atoms with Crippen molar-refractivity contribution in [1.29, 1.82) is 0 Å². The van der Waals surface area contributed by atoms with Crippen LogP contribution in [-0.2, 0) is 0 Å². The fraction of sp³-hybridized carbons (Fsp3) is 0.500. The molecule has 0 amide bonds. The van der Waals surface area contributed by atoms with Gasteiger partial charge in [0.05, 0.1) is 30.8 Å². The number of para-hydroxylation sites is 1. The van der Waals surface area contributed by atoms with Gasteiger partial charge in [-0.05, 0) is 25.0 Å². The Bertz CT molecular complexity index is 598. The topological polar surface area (TPSA) is 90.3 Å². The molecular weight excluding hydrogens is 280 g/mol. The molecule has 6 heteroatoms. The van der Waals surface area contributed by atoms with Gasteiger partial charge in [0.2, 0.25) is 5.95 Å². The molecule has 2 aromatic rings. The SMILES string of the molecule is CC[C@H](CO)Nc1nc(N[C@H](CC)CO)c2ccccc2n1. The number of nitrogens with one attached hydrogen (secondary N) is 2. The zero-order chi connectivity index (χ0) is 15.9. The van der Waals surface area contributed by atoms with Gasteiger partial charge in [-0.15, -0.1) is 0 Å². The van der Waals surface area contributed by atoms with Gasteiger partial charge in [0.1, 0.15) is 5.82 Å². The fourth-order valence-electron chi connectivity index (χ4n) is 2.18. The Hall–Kier alpha value is -1.92. The number of hydrogen-bond donors (Lipinski definition) is 4. The summed E-state index contributed by atoms with van der Waals surface area (Å²) < 4.78 is 0. The second kappa shape index (κ2) is 7.91. The first-order valence-corrected chi connectivity index (χ1v) is 7.73. The first-order chi connectivity index (χ1) is 10.7. The molecule has 0 aliphatic heterocycles. The third-order valence-corrected chi connectivity index (χ3v) is 3.70. The molecule has 0 fully saturated rings. The summed E-state index contributed by atoms with van der Waals surface area (Å²) in [6.07, 6.45) is 1.58. The Balaban J connectivity index is 2.38. The van der Waals surface area contributed by atoms with Crippen LogP contribution in [0.4, 0.5) is 11.8 Å². The Morgan fingerprint density at radius 3 is 2.23 bits per heavy atom. The van der Waals surface area contributed by atoms with Gasteiger partial charge in [-0.1, -0.05) is 26.0 Å². The third kappa shape index (κ3) is 3.84. The zero-order valence-electron chi connectivity index (χ0n) is 13.1. The van der Waals surface area contributed by atoms with Crippen LogP contribution in [0.3, 0.4) is 0 Å². The molecule has 0 radical (unpaired) electrons. The molecule has 0 aliphatic carbocycles. The largest absolute Gasteiger partial charge is 0.394 e. The fourth-order valence-corrected chi connectivity index (χ4v) is 2.18. The van der Waals surface area contributed by atoms with Crippen molar-refractivity contribution in [3.05, 3.63) is 24.3 Å². The Morgan fingerprint density at radius 2 is 1.59 bits per heavy atom. The van der Waals surface area contributed by atoms with Crippen LogP contribution < -0.4 is 10.6 Å². The Kier molecular flexibility index (Phi) is 5.91. The maximum absolute atomic E-state index is 9.40. The molecule has 1 aromatic heterocycles. The highest BCUT2D eigenvalue weighted by Crippen LogP contribution is 2.23. The number of aliphatic hydroxyl groups is 2. The Morgan fingerprint density at radius 1 is 0.955 bits per heavy atom. The molecule has 0 unspecified atom stereocenters. The highest BCUT2D eigenvalue weighted by atomic mass is 16.3. The quantitative estimate of drug-likeness (QED) is 0.596. The second-order valence-electron chi connectivity index (χ2n) is 5.28. The van der Waals surface area contributed by atoms with Gasteiger partial charge in [-0.25, -0.2) is 4.98 Å². The normalized spacial score (nSPS) is 13.8. The smallest absolute Gasteiger partial charge is 0.225 e. The Labute approximate surface area is 130 Å². The molecule has 0 spiro atoms. The lowest BCUT2D eigenvalue weighted by atomic mass is 10.2. The van der Waals surface area contributed by atoms with Gasteiger partial charge < -0.3 is 20.8 Å². The molecule has 6 nitrogen and oxygen atoms in total. The summed E-state index contributed by atoms with van der Waals surface area (Å²) in [4.78, 5) is 9.01. The molecule has 0 bridgehead atoms. The molecule has 22 heavy (non-hydrogen) atoms. The monoisotopic (exact) mass is 304 g/mol. The van der Waals surface area contributed by atoms with Crippen molar-refractivity contribution in [2.45, 2.75) is 38.8 Å². The number of aromatic nitrogens is 2. The van der Waals surface area contributed by atoms with Crippen molar-refractivity contribution in [2.24, 2.45) is 0 Å². The van der Waals surface area contributed by atoms with E-state index in [0.29, 0.717) is 11.8 Å². The molecule has 4 N–H and O–H groups in total. The summed E-state index contributed by atoms with van der Waals surface area (Å²) in [5, 5.41) is 26.0. The minimum Gasteiger partial charge on any atom is -0.394 e. The molecule has 0 saturated heterocycles. The van der Waals surface area contributed by atoms with Crippen molar-refractivity contribution in [3.8, 4) is 0 Å². The van der Waals surface area contributed by atoms with E-state index in [1.165, 1.54) is 0 Å². The molecule has 1 heterocycles. The number of aliphatic hydroxyl groups excluding tert-OH is 2. The number of nitrogens with zero attached hydrogens (tertiary/aromatic N) is 2. The lowest BCUT2D eigenvalue weighted by Gasteiger charge is -2.19. The summed E-state index contributed by atoms with van der Waals surface area (Å²) >= 11 is 0. The van der Waals surface area contributed by atoms with Crippen LogP contribution >= 0.6 is 0 Å². The maximum atomic E-state index is 9.40. The van der Waals surface area contributed by atoms with E-state index in [0.717, 1.165) is 23.7 Å². The first-order valence-electron chi connectivity index (χ1n) is 7.73. The van der Waals surface area contributed by atoms with Crippen LogP contribution in [0.25, 0.3) is 10.9 Å². The van der Waals surface area contributed by atoms with Crippen molar-refractivity contribution in [2.75, 3.05) is 23.8 Å². The lowest BCUT2D eigenvalue weighted by molar-refractivity contribution is 0.271. The molecule has 2 rings (SSSR count). The van der Waals surface area contributed by atoms with E-state index >= 15 is 0 Å². The van der Waals surface area contributed by atoms with Crippen LogP contribution in [0, 0.1) is 0 Å². The molecule has 0 saturated carbocycles. The van der Waals surface area contributed by atoms with Gasteiger partial charge in [0, 0.05) is 5.39 Å². The minimum atomic E-state index is -0.0752. The lowest BCUT2D eigenvalue weighted by Crippen LogP contribution is -2.26. The van der Waals surface area contributed by atoms with Crippen LogP contribution in [0.5, 0.6) is 0 Å². The maximum Gasteiger partial charge on any atom is 0.225 e. The minimum absolute atomic E-state index is 0.0314. The summed E-state index contributed by atoms with van der Waals surface area (Å²) in [6, 6.07) is 7.61. The van der Waals surface area contributed by atoms with E-state index in [9.17, 15) is 10.2 Å². The highest BCUT2D eigenvalue weighted by Gasteiger charge is 2.13.